The molecule has 0 amide bonds. The average molecular weight is 196 g/mol. The van der Waals surface area contributed by atoms with Gasteiger partial charge in [0, 0.05) is 10.9 Å². The molecule has 74 valence electrons. The van der Waals surface area contributed by atoms with Gasteiger partial charge in [0.15, 0.2) is 0 Å². The molecule has 1 N–H and O–H groups in total. The number of hydrogen-bond donors (Lipinski definition) is 1. The minimum atomic E-state index is 0.698. The summed E-state index contributed by atoms with van der Waals surface area (Å²) in [7, 11) is 0. The molecule has 0 saturated carbocycles. The van der Waals surface area contributed by atoms with Crippen LogP contribution >= 0.6 is 0 Å². The molecule has 0 bridgehead atoms. The lowest BCUT2D eigenvalue weighted by atomic mass is 10.1. The minimum Gasteiger partial charge on any atom is -0.354 e. The molecule has 2 aromatic rings. The Morgan fingerprint density at radius 1 is 1.40 bits per heavy atom. The van der Waals surface area contributed by atoms with Crippen molar-refractivity contribution in [3.63, 3.8) is 0 Å². The smallest absolute Gasteiger partial charge is 0.101 e. The first-order valence-electron chi connectivity index (χ1n) is 4.92. The molecule has 15 heavy (non-hydrogen) atoms. The maximum absolute atomic E-state index is 8.99. The SMILES string of the molecule is CC=C(C#N)c1[nH]c2ccccc2c1C. The molecule has 2 rings (SSSR count). The van der Waals surface area contributed by atoms with Crippen LogP contribution in [-0.2, 0) is 0 Å². The van der Waals surface area contributed by atoms with E-state index >= 15 is 0 Å². The molecule has 0 aliphatic heterocycles. The van der Waals surface area contributed by atoms with Crippen molar-refractivity contribution in [1.29, 1.82) is 5.26 Å². The van der Waals surface area contributed by atoms with Gasteiger partial charge in [0.05, 0.1) is 11.3 Å². The number of allylic oxidation sites excluding steroid dienone is 2. The maximum Gasteiger partial charge on any atom is 0.101 e. The quantitative estimate of drug-likeness (QED) is 0.697. The predicted octanol–water partition coefficient (Wildman–Crippen LogP) is 3.40. The number of nitriles is 1. The molecule has 2 heteroatoms. The third kappa shape index (κ3) is 1.42. The van der Waals surface area contributed by atoms with Crippen LogP contribution in [0.15, 0.2) is 30.3 Å². The van der Waals surface area contributed by atoms with Crippen LogP contribution in [0.4, 0.5) is 0 Å². The number of aromatic nitrogens is 1. The lowest BCUT2D eigenvalue weighted by molar-refractivity contribution is 1.35. The van der Waals surface area contributed by atoms with Crippen molar-refractivity contribution in [2.45, 2.75) is 13.8 Å². The van der Waals surface area contributed by atoms with E-state index < -0.39 is 0 Å². The first-order valence-corrected chi connectivity index (χ1v) is 4.92. The molecular weight excluding hydrogens is 184 g/mol. The van der Waals surface area contributed by atoms with E-state index in [2.05, 4.69) is 17.1 Å². The van der Waals surface area contributed by atoms with Gasteiger partial charge in [-0.15, -0.1) is 0 Å². The van der Waals surface area contributed by atoms with Crippen LogP contribution in [0.2, 0.25) is 0 Å². The lowest BCUT2D eigenvalue weighted by Crippen LogP contribution is -1.83. The summed E-state index contributed by atoms with van der Waals surface area (Å²) >= 11 is 0. The van der Waals surface area contributed by atoms with Crippen molar-refractivity contribution >= 4 is 16.5 Å². The van der Waals surface area contributed by atoms with Crippen molar-refractivity contribution in [3.05, 3.63) is 41.6 Å². The molecule has 0 aliphatic carbocycles. The Morgan fingerprint density at radius 3 is 2.73 bits per heavy atom. The topological polar surface area (TPSA) is 39.6 Å². The first kappa shape index (κ1) is 9.54. The highest BCUT2D eigenvalue weighted by molar-refractivity contribution is 5.91. The fraction of sp³-hybridized carbons (Fsp3) is 0.154. The Hall–Kier alpha value is -2.01. The number of benzene rings is 1. The average Bonchev–Trinajstić information content (AvgIpc) is 2.60. The molecule has 0 saturated heterocycles. The maximum atomic E-state index is 8.99. The molecule has 0 unspecified atom stereocenters. The van der Waals surface area contributed by atoms with Crippen LogP contribution in [0.3, 0.4) is 0 Å². The zero-order valence-electron chi connectivity index (χ0n) is 8.83. The minimum absolute atomic E-state index is 0.698. The van der Waals surface area contributed by atoms with E-state index in [0.717, 1.165) is 16.8 Å². The van der Waals surface area contributed by atoms with Crippen LogP contribution in [-0.4, -0.2) is 4.98 Å². The van der Waals surface area contributed by atoms with Gasteiger partial charge in [-0.2, -0.15) is 5.26 Å². The number of aryl methyl sites for hydroxylation is 1. The van der Waals surface area contributed by atoms with Gasteiger partial charge in [-0.1, -0.05) is 24.3 Å². The molecule has 2 nitrogen and oxygen atoms in total. The highest BCUT2D eigenvalue weighted by Crippen LogP contribution is 2.25. The molecule has 1 aromatic heterocycles. The Kier molecular flexibility index (Phi) is 2.31. The number of aromatic amines is 1. The van der Waals surface area contributed by atoms with Gasteiger partial charge in [0.2, 0.25) is 0 Å². The second-order valence-electron chi connectivity index (χ2n) is 3.48. The number of hydrogen-bond acceptors (Lipinski definition) is 1. The second-order valence-corrected chi connectivity index (χ2v) is 3.48. The number of fused-ring (bicyclic) bond motifs is 1. The monoisotopic (exact) mass is 196 g/mol. The summed E-state index contributed by atoms with van der Waals surface area (Å²) in [5, 5.41) is 10.2. The number of H-pyrrole nitrogens is 1. The molecule has 0 aliphatic rings. The fourth-order valence-electron chi connectivity index (χ4n) is 1.82. The van der Waals surface area contributed by atoms with Gasteiger partial charge in [-0.05, 0) is 25.5 Å². The van der Waals surface area contributed by atoms with Crippen molar-refractivity contribution in [2.75, 3.05) is 0 Å². The first-order chi connectivity index (χ1) is 7.27. The third-order valence-electron chi connectivity index (χ3n) is 2.64. The number of rotatable bonds is 1. The second kappa shape index (κ2) is 3.62. The largest absolute Gasteiger partial charge is 0.354 e. The lowest BCUT2D eigenvalue weighted by Gasteiger charge is -1.95. The molecular formula is C13H12N2. The van der Waals surface area contributed by atoms with E-state index in [0.29, 0.717) is 5.57 Å². The van der Waals surface area contributed by atoms with Gasteiger partial charge >= 0.3 is 0 Å². The zero-order chi connectivity index (χ0) is 10.8. The molecule has 0 fully saturated rings. The summed E-state index contributed by atoms with van der Waals surface area (Å²) in [6, 6.07) is 10.3. The van der Waals surface area contributed by atoms with E-state index in [9.17, 15) is 0 Å². The summed E-state index contributed by atoms with van der Waals surface area (Å²) in [5.74, 6) is 0. The van der Waals surface area contributed by atoms with Gasteiger partial charge in [-0.25, -0.2) is 0 Å². The van der Waals surface area contributed by atoms with Crippen LogP contribution in [0.5, 0.6) is 0 Å². The summed E-state index contributed by atoms with van der Waals surface area (Å²) in [5.41, 5.74) is 3.85. The highest BCUT2D eigenvalue weighted by atomic mass is 14.7. The van der Waals surface area contributed by atoms with Crippen LogP contribution in [0.25, 0.3) is 16.5 Å². The zero-order valence-corrected chi connectivity index (χ0v) is 8.83. The van der Waals surface area contributed by atoms with E-state index in [1.165, 1.54) is 5.39 Å². The van der Waals surface area contributed by atoms with E-state index in [-0.39, 0.29) is 0 Å². The van der Waals surface area contributed by atoms with Crippen LogP contribution in [0, 0.1) is 18.3 Å². The summed E-state index contributed by atoms with van der Waals surface area (Å²) in [4.78, 5) is 3.28. The van der Waals surface area contributed by atoms with Crippen molar-refractivity contribution in [2.24, 2.45) is 0 Å². The Labute approximate surface area is 88.8 Å². The molecule has 1 heterocycles. The highest BCUT2D eigenvalue weighted by Gasteiger charge is 2.09. The Balaban J connectivity index is 2.75. The van der Waals surface area contributed by atoms with Crippen LogP contribution < -0.4 is 0 Å². The Morgan fingerprint density at radius 2 is 2.13 bits per heavy atom. The summed E-state index contributed by atoms with van der Waals surface area (Å²) in [6.45, 7) is 3.92. The van der Waals surface area contributed by atoms with Gasteiger partial charge < -0.3 is 4.98 Å². The summed E-state index contributed by atoms with van der Waals surface area (Å²) < 4.78 is 0. The van der Waals surface area contributed by atoms with Gasteiger partial charge in [0.1, 0.15) is 6.07 Å². The normalized spacial score (nSPS) is 11.7. The Bertz CT molecular complexity index is 568. The standard InChI is InChI=1S/C13H12N2/c1-3-10(8-14)13-9(2)11-6-4-5-7-12(11)15-13/h3-7,15H,1-2H3. The number of nitrogens with zero attached hydrogens (tertiary/aromatic N) is 1. The number of nitrogens with one attached hydrogen (secondary N) is 1. The summed E-state index contributed by atoms with van der Waals surface area (Å²) in [6.07, 6.45) is 1.83. The predicted molar refractivity (Wildman–Crippen MR) is 62.3 cm³/mol. The van der Waals surface area contributed by atoms with Gasteiger partial charge in [-0.3, -0.25) is 0 Å². The third-order valence-corrected chi connectivity index (χ3v) is 2.64. The van der Waals surface area contributed by atoms with Crippen LogP contribution in [0.1, 0.15) is 18.2 Å². The van der Waals surface area contributed by atoms with Gasteiger partial charge in [0.25, 0.3) is 0 Å². The fourth-order valence-corrected chi connectivity index (χ4v) is 1.82. The van der Waals surface area contributed by atoms with E-state index in [1.54, 1.807) is 0 Å². The molecule has 0 spiro atoms. The molecule has 0 radical (unpaired) electrons. The molecule has 0 atom stereocenters. The van der Waals surface area contributed by atoms with E-state index in [1.807, 2.05) is 38.1 Å². The van der Waals surface area contributed by atoms with E-state index in [4.69, 9.17) is 5.26 Å². The van der Waals surface area contributed by atoms with Crippen molar-refractivity contribution < 1.29 is 0 Å². The molecule has 1 aromatic carbocycles. The van der Waals surface area contributed by atoms with Crippen molar-refractivity contribution in [1.82, 2.24) is 4.98 Å². The number of para-hydroxylation sites is 1. The van der Waals surface area contributed by atoms with Crippen molar-refractivity contribution in [3.8, 4) is 6.07 Å².